The first-order valence-electron chi connectivity index (χ1n) is 8.44. The summed E-state index contributed by atoms with van der Waals surface area (Å²) >= 11 is 0. The predicted octanol–water partition coefficient (Wildman–Crippen LogP) is 4.05. The molecule has 0 saturated carbocycles. The third kappa shape index (κ3) is 4.58. The second kappa shape index (κ2) is 8.27. The van der Waals surface area contributed by atoms with Crippen LogP contribution in [-0.2, 0) is 0 Å². The van der Waals surface area contributed by atoms with Crippen molar-refractivity contribution in [2.75, 3.05) is 43.8 Å². The summed E-state index contributed by atoms with van der Waals surface area (Å²) in [5.74, 6) is 2.74. The Morgan fingerprint density at radius 1 is 0.815 bits per heavy atom. The number of methoxy groups -OCH3 is 2. The Bertz CT molecular complexity index is 897. The van der Waals surface area contributed by atoms with Crippen molar-refractivity contribution in [1.82, 2.24) is 9.97 Å². The Balaban J connectivity index is 1.76. The first kappa shape index (κ1) is 18.3. The summed E-state index contributed by atoms with van der Waals surface area (Å²) in [6, 6.07) is 15.5. The van der Waals surface area contributed by atoms with Gasteiger partial charge >= 0.3 is 0 Å². The van der Waals surface area contributed by atoms with Gasteiger partial charge in [0.05, 0.1) is 19.9 Å². The molecule has 0 atom stereocenters. The van der Waals surface area contributed by atoms with Crippen molar-refractivity contribution in [2.45, 2.75) is 0 Å². The topological polar surface area (TPSA) is 71.5 Å². The van der Waals surface area contributed by atoms with Crippen LogP contribution in [0.15, 0.2) is 54.9 Å². The van der Waals surface area contributed by atoms with Crippen molar-refractivity contribution in [3.8, 4) is 11.5 Å². The molecule has 3 aromatic rings. The van der Waals surface area contributed by atoms with Crippen molar-refractivity contribution < 1.29 is 9.47 Å². The molecule has 7 heteroatoms. The van der Waals surface area contributed by atoms with E-state index in [4.69, 9.17) is 9.47 Å². The van der Waals surface area contributed by atoms with Crippen LogP contribution in [0.25, 0.3) is 0 Å². The van der Waals surface area contributed by atoms with E-state index in [9.17, 15) is 0 Å². The highest BCUT2D eigenvalue weighted by Gasteiger charge is 2.07. The molecule has 0 bridgehead atoms. The Kier molecular flexibility index (Phi) is 5.61. The molecular formula is C20H23N5O2. The molecule has 27 heavy (non-hydrogen) atoms. The Hall–Kier alpha value is -3.48. The first-order valence-corrected chi connectivity index (χ1v) is 8.44. The van der Waals surface area contributed by atoms with E-state index >= 15 is 0 Å². The molecule has 1 heterocycles. The Morgan fingerprint density at radius 2 is 1.52 bits per heavy atom. The van der Waals surface area contributed by atoms with E-state index < -0.39 is 0 Å². The highest BCUT2D eigenvalue weighted by atomic mass is 16.5. The van der Waals surface area contributed by atoms with Crippen molar-refractivity contribution >= 4 is 28.7 Å². The molecule has 2 N–H and O–H groups in total. The van der Waals surface area contributed by atoms with Crippen LogP contribution in [0.5, 0.6) is 11.5 Å². The second-order valence-electron chi connectivity index (χ2n) is 6.05. The van der Waals surface area contributed by atoms with Crippen LogP contribution in [0.2, 0.25) is 0 Å². The van der Waals surface area contributed by atoms with E-state index in [0.717, 1.165) is 22.8 Å². The van der Waals surface area contributed by atoms with E-state index in [1.54, 1.807) is 14.2 Å². The van der Waals surface area contributed by atoms with Crippen LogP contribution in [-0.4, -0.2) is 38.3 Å². The van der Waals surface area contributed by atoms with Crippen LogP contribution in [0.4, 0.5) is 28.7 Å². The third-order valence-electron chi connectivity index (χ3n) is 3.99. The second-order valence-corrected chi connectivity index (χ2v) is 6.05. The lowest BCUT2D eigenvalue weighted by atomic mass is 10.2. The van der Waals surface area contributed by atoms with Crippen molar-refractivity contribution in [2.24, 2.45) is 0 Å². The molecule has 140 valence electrons. The van der Waals surface area contributed by atoms with Gasteiger partial charge in [-0.25, -0.2) is 9.97 Å². The molecule has 7 nitrogen and oxygen atoms in total. The van der Waals surface area contributed by atoms with E-state index in [1.165, 1.54) is 6.33 Å². The van der Waals surface area contributed by atoms with Gasteiger partial charge in [0.15, 0.2) is 0 Å². The minimum atomic E-state index is 0.654. The Labute approximate surface area is 159 Å². The molecule has 3 rings (SSSR count). The number of nitrogens with one attached hydrogen (secondary N) is 2. The highest BCUT2D eigenvalue weighted by Crippen LogP contribution is 2.31. The minimum Gasteiger partial charge on any atom is -0.497 e. The fourth-order valence-electron chi connectivity index (χ4n) is 2.52. The summed E-state index contributed by atoms with van der Waals surface area (Å²) in [6.07, 6.45) is 1.51. The smallest absolute Gasteiger partial charge is 0.146 e. The predicted molar refractivity (Wildman–Crippen MR) is 109 cm³/mol. The van der Waals surface area contributed by atoms with Gasteiger partial charge in [0.25, 0.3) is 0 Å². The lowest BCUT2D eigenvalue weighted by Crippen LogP contribution is -2.08. The molecular weight excluding hydrogens is 342 g/mol. The van der Waals surface area contributed by atoms with Crippen LogP contribution >= 0.6 is 0 Å². The maximum Gasteiger partial charge on any atom is 0.146 e. The van der Waals surface area contributed by atoms with Gasteiger partial charge in [-0.3, -0.25) is 0 Å². The third-order valence-corrected chi connectivity index (χ3v) is 3.99. The van der Waals surface area contributed by atoms with Gasteiger partial charge in [-0.15, -0.1) is 0 Å². The van der Waals surface area contributed by atoms with Gasteiger partial charge in [-0.2, -0.15) is 0 Å². The zero-order chi connectivity index (χ0) is 19.2. The number of hydrogen-bond donors (Lipinski definition) is 2. The van der Waals surface area contributed by atoms with Crippen LogP contribution in [0, 0.1) is 0 Å². The minimum absolute atomic E-state index is 0.654. The number of nitrogens with zero attached hydrogens (tertiary/aromatic N) is 3. The number of ether oxygens (including phenoxy) is 2. The van der Waals surface area contributed by atoms with Gasteiger partial charge < -0.3 is 25.0 Å². The van der Waals surface area contributed by atoms with Crippen LogP contribution in [0.1, 0.15) is 0 Å². The molecule has 0 aliphatic carbocycles. The first-order chi connectivity index (χ1) is 13.1. The Morgan fingerprint density at radius 3 is 2.15 bits per heavy atom. The fourth-order valence-corrected chi connectivity index (χ4v) is 2.52. The van der Waals surface area contributed by atoms with E-state index in [-0.39, 0.29) is 0 Å². The van der Waals surface area contributed by atoms with Gasteiger partial charge in [-0.05, 0) is 36.4 Å². The largest absolute Gasteiger partial charge is 0.497 e. The summed E-state index contributed by atoms with van der Waals surface area (Å²) < 4.78 is 10.6. The standard InChI is InChI=1S/C20H23N5O2/c1-25(2)15-7-5-14(6-8-15)23-19-12-20(22-13-21-19)24-17-10-9-16(26-3)11-18(17)27-4/h5-13H,1-4H3,(H2,21,22,23,24). The van der Waals surface area contributed by atoms with E-state index in [2.05, 4.69) is 25.5 Å². The normalized spacial score (nSPS) is 10.2. The monoisotopic (exact) mass is 365 g/mol. The summed E-state index contributed by atoms with van der Waals surface area (Å²) in [5, 5.41) is 6.53. The van der Waals surface area contributed by atoms with Crippen molar-refractivity contribution in [1.29, 1.82) is 0 Å². The lowest BCUT2D eigenvalue weighted by molar-refractivity contribution is 0.395. The molecule has 0 unspecified atom stereocenters. The molecule has 0 radical (unpaired) electrons. The van der Waals surface area contributed by atoms with E-state index in [0.29, 0.717) is 17.4 Å². The quantitative estimate of drug-likeness (QED) is 0.654. The number of rotatable bonds is 7. The van der Waals surface area contributed by atoms with Crippen LogP contribution in [0.3, 0.4) is 0 Å². The average molecular weight is 365 g/mol. The zero-order valence-electron chi connectivity index (χ0n) is 15.9. The van der Waals surface area contributed by atoms with Gasteiger partial charge in [0.2, 0.25) is 0 Å². The molecule has 0 spiro atoms. The average Bonchev–Trinajstić information content (AvgIpc) is 2.69. The summed E-state index contributed by atoms with van der Waals surface area (Å²) in [7, 11) is 7.26. The molecule has 0 aliphatic heterocycles. The summed E-state index contributed by atoms with van der Waals surface area (Å²) in [4.78, 5) is 10.6. The molecule has 1 aromatic heterocycles. The van der Waals surface area contributed by atoms with Gasteiger partial charge in [-0.1, -0.05) is 0 Å². The number of hydrogen-bond acceptors (Lipinski definition) is 7. The fraction of sp³-hybridized carbons (Fsp3) is 0.200. The SMILES string of the molecule is COc1ccc(Nc2cc(Nc3ccc(N(C)C)cc3)ncn2)c(OC)c1. The summed E-state index contributed by atoms with van der Waals surface area (Å²) in [6.45, 7) is 0. The van der Waals surface area contributed by atoms with E-state index in [1.807, 2.05) is 62.6 Å². The van der Waals surface area contributed by atoms with Crippen molar-refractivity contribution in [3.63, 3.8) is 0 Å². The maximum atomic E-state index is 5.41. The number of anilines is 5. The van der Waals surface area contributed by atoms with Gasteiger partial charge in [0, 0.05) is 37.6 Å². The van der Waals surface area contributed by atoms with Crippen molar-refractivity contribution in [3.05, 3.63) is 54.9 Å². The molecule has 0 aliphatic rings. The highest BCUT2D eigenvalue weighted by molar-refractivity contribution is 5.68. The number of benzene rings is 2. The molecule has 0 fully saturated rings. The zero-order valence-corrected chi connectivity index (χ0v) is 15.9. The van der Waals surface area contributed by atoms with Gasteiger partial charge in [0.1, 0.15) is 29.5 Å². The maximum absolute atomic E-state index is 5.41. The van der Waals surface area contributed by atoms with Crippen LogP contribution < -0.4 is 25.0 Å². The number of aromatic nitrogens is 2. The molecule has 2 aromatic carbocycles. The summed E-state index contributed by atoms with van der Waals surface area (Å²) in [5.41, 5.74) is 2.88. The lowest BCUT2D eigenvalue weighted by Gasteiger charge is -2.14. The molecule has 0 amide bonds. The molecule has 0 saturated heterocycles.